The fourth-order valence-corrected chi connectivity index (χ4v) is 3.04. The molecule has 0 aromatic carbocycles. The second-order valence-corrected chi connectivity index (χ2v) is 8.53. The van der Waals surface area contributed by atoms with Crippen LogP contribution in [0.15, 0.2) is 0 Å². The average Bonchev–Trinajstić information content (AvgIpc) is 2.70. The minimum Gasteiger partial charge on any atom is -0.480 e. The number of carboxylic acids is 1. The molecule has 11 nitrogen and oxygen atoms in total. The van der Waals surface area contributed by atoms with Gasteiger partial charge in [0.25, 0.3) is 0 Å². The van der Waals surface area contributed by atoms with Crippen molar-refractivity contribution in [1.82, 2.24) is 16.0 Å². The highest BCUT2D eigenvalue weighted by atomic mass is 32.2. The molecule has 12 heteroatoms. The molecule has 180 valence electrons. The van der Waals surface area contributed by atoms with E-state index in [1.165, 1.54) is 25.6 Å². The van der Waals surface area contributed by atoms with Crippen molar-refractivity contribution in [3.05, 3.63) is 0 Å². The minimum absolute atomic E-state index is 0.172. The van der Waals surface area contributed by atoms with Crippen LogP contribution in [0.25, 0.3) is 0 Å². The lowest BCUT2D eigenvalue weighted by molar-refractivity contribution is -0.143. The summed E-state index contributed by atoms with van der Waals surface area (Å²) in [5.41, 5.74) is 5.62. The maximum absolute atomic E-state index is 12.8. The third kappa shape index (κ3) is 9.85. The smallest absolute Gasteiger partial charge is 0.326 e. The first kappa shape index (κ1) is 29.1. The van der Waals surface area contributed by atoms with Crippen LogP contribution >= 0.6 is 11.8 Å². The summed E-state index contributed by atoms with van der Waals surface area (Å²) in [6, 6.07) is -4.93. The number of rotatable bonds is 14. The molecule has 0 rings (SSSR count). The summed E-state index contributed by atoms with van der Waals surface area (Å²) < 4.78 is 0. The Morgan fingerprint density at radius 1 is 0.903 bits per heavy atom. The quantitative estimate of drug-likeness (QED) is 0.159. The van der Waals surface area contributed by atoms with E-state index in [4.69, 9.17) is 5.73 Å². The normalized spacial score (nSPS) is 17.9. The molecule has 7 unspecified atom stereocenters. The second kappa shape index (κ2) is 14.2. The molecule has 3 amide bonds. The summed E-state index contributed by atoms with van der Waals surface area (Å²) in [4.78, 5) is 49.0. The zero-order valence-electron chi connectivity index (χ0n) is 18.6. The van der Waals surface area contributed by atoms with E-state index >= 15 is 0 Å². The molecular formula is C19H36N4O7S. The number of hydrogen-bond donors (Lipinski definition) is 7. The van der Waals surface area contributed by atoms with Crippen LogP contribution in [-0.2, 0) is 19.2 Å². The summed E-state index contributed by atoms with van der Waals surface area (Å²) in [6.07, 6.45) is 0.0133. The second-order valence-electron chi connectivity index (χ2n) is 7.55. The molecule has 8 N–H and O–H groups in total. The number of carbonyl (C=O) groups is 4. The molecule has 0 spiro atoms. The van der Waals surface area contributed by atoms with Crippen LogP contribution in [0.2, 0.25) is 0 Å². The highest BCUT2D eigenvalue weighted by Gasteiger charge is 2.34. The van der Waals surface area contributed by atoms with Crippen molar-refractivity contribution in [2.75, 3.05) is 12.0 Å². The molecule has 0 aliphatic carbocycles. The number of thioether (sulfide) groups is 1. The van der Waals surface area contributed by atoms with Gasteiger partial charge in [0, 0.05) is 0 Å². The lowest BCUT2D eigenvalue weighted by Gasteiger charge is -2.29. The van der Waals surface area contributed by atoms with Crippen molar-refractivity contribution < 1.29 is 34.5 Å². The van der Waals surface area contributed by atoms with Gasteiger partial charge in [0.05, 0.1) is 12.2 Å². The van der Waals surface area contributed by atoms with Gasteiger partial charge in [-0.2, -0.15) is 11.8 Å². The van der Waals surface area contributed by atoms with Gasteiger partial charge in [0.2, 0.25) is 17.7 Å². The highest BCUT2D eigenvalue weighted by molar-refractivity contribution is 7.98. The van der Waals surface area contributed by atoms with Gasteiger partial charge in [0.1, 0.15) is 24.2 Å². The van der Waals surface area contributed by atoms with Crippen molar-refractivity contribution in [2.45, 2.75) is 76.9 Å². The fourth-order valence-electron chi connectivity index (χ4n) is 2.57. The first-order valence-corrected chi connectivity index (χ1v) is 11.5. The van der Waals surface area contributed by atoms with E-state index in [2.05, 4.69) is 16.0 Å². The standard InChI is InChI=1S/C19H36N4O7S/c1-6-9(2)14(22-16(26)13(20)10(3)24)17(27)23-15(11(4)25)18(28)21-12(19(29)30)7-8-31-5/h9-15,24-25H,6-8,20H2,1-5H3,(H,21,28)(H,22,26)(H,23,27)(H,29,30). The number of carbonyl (C=O) groups excluding carboxylic acids is 3. The molecule has 7 atom stereocenters. The third-order valence-electron chi connectivity index (χ3n) is 4.90. The van der Waals surface area contributed by atoms with Crippen molar-refractivity contribution >= 4 is 35.5 Å². The van der Waals surface area contributed by atoms with Crippen LogP contribution < -0.4 is 21.7 Å². The molecule has 0 heterocycles. The monoisotopic (exact) mass is 464 g/mol. The molecule has 0 aliphatic heterocycles. The van der Waals surface area contributed by atoms with Crippen LogP contribution in [0.5, 0.6) is 0 Å². The number of hydrogen-bond acceptors (Lipinski definition) is 8. The molecule has 0 fully saturated rings. The molecule has 0 bridgehead atoms. The van der Waals surface area contributed by atoms with E-state index in [-0.39, 0.29) is 12.3 Å². The first-order chi connectivity index (χ1) is 14.4. The largest absolute Gasteiger partial charge is 0.480 e. The van der Waals surface area contributed by atoms with E-state index in [0.29, 0.717) is 12.2 Å². The zero-order valence-corrected chi connectivity index (χ0v) is 19.4. The number of aliphatic hydroxyl groups is 2. The fraction of sp³-hybridized carbons (Fsp3) is 0.789. The molecule has 0 aliphatic rings. The number of nitrogens with two attached hydrogens (primary N) is 1. The van der Waals surface area contributed by atoms with Crippen LogP contribution in [-0.4, -0.2) is 87.4 Å². The van der Waals surface area contributed by atoms with Gasteiger partial charge < -0.3 is 37.0 Å². The Labute approximate surface area is 186 Å². The Bertz CT molecular complexity index is 618. The maximum atomic E-state index is 12.8. The Morgan fingerprint density at radius 3 is 1.84 bits per heavy atom. The Hall–Kier alpha value is -1.89. The van der Waals surface area contributed by atoms with Crippen molar-refractivity contribution in [2.24, 2.45) is 11.7 Å². The Kier molecular flexibility index (Phi) is 13.4. The van der Waals surface area contributed by atoms with E-state index in [1.807, 2.05) is 0 Å². The molecule has 0 saturated heterocycles. The van der Waals surface area contributed by atoms with Crippen LogP contribution in [0, 0.1) is 5.92 Å². The highest BCUT2D eigenvalue weighted by Crippen LogP contribution is 2.10. The van der Waals surface area contributed by atoms with Gasteiger partial charge in [-0.1, -0.05) is 20.3 Å². The Balaban J connectivity index is 5.44. The summed E-state index contributed by atoms with van der Waals surface area (Å²) in [7, 11) is 0. The van der Waals surface area contributed by atoms with Crippen LogP contribution in [0.4, 0.5) is 0 Å². The lowest BCUT2D eigenvalue weighted by Crippen LogP contribution is -2.61. The summed E-state index contributed by atoms with van der Waals surface area (Å²) >= 11 is 1.42. The van der Waals surface area contributed by atoms with Gasteiger partial charge in [-0.15, -0.1) is 0 Å². The average molecular weight is 465 g/mol. The van der Waals surface area contributed by atoms with Crippen LogP contribution in [0.3, 0.4) is 0 Å². The summed E-state index contributed by atoms with van der Waals surface area (Å²) in [6.45, 7) is 6.13. The van der Waals surface area contributed by atoms with Crippen LogP contribution in [0.1, 0.15) is 40.5 Å². The van der Waals surface area contributed by atoms with E-state index in [9.17, 15) is 34.5 Å². The number of amides is 3. The molecular weight excluding hydrogens is 428 g/mol. The Morgan fingerprint density at radius 2 is 1.42 bits per heavy atom. The number of carboxylic acid groups (broad SMARTS) is 1. The number of aliphatic hydroxyl groups excluding tert-OH is 2. The van der Waals surface area contributed by atoms with Crippen molar-refractivity contribution in [3.63, 3.8) is 0 Å². The topological polar surface area (TPSA) is 191 Å². The predicted molar refractivity (Wildman–Crippen MR) is 117 cm³/mol. The lowest BCUT2D eigenvalue weighted by atomic mass is 9.97. The minimum atomic E-state index is -1.43. The molecule has 31 heavy (non-hydrogen) atoms. The van der Waals surface area contributed by atoms with Gasteiger partial charge >= 0.3 is 5.97 Å². The van der Waals surface area contributed by atoms with E-state index in [1.54, 1.807) is 20.1 Å². The van der Waals surface area contributed by atoms with E-state index < -0.39 is 60.1 Å². The third-order valence-corrected chi connectivity index (χ3v) is 5.55. The molecule has 0 saturated carbocycles. The SMILES string of the molecule is CCC(C)C(NC(=O)C(N)C(C)O)C(=O)NC(C(=O)NC(CCSC)C(=O)O)C(C)O. The predicted octanol–water partition coefficient (Wildman–Crippen LogP) is -1.59. The molecule has 0 aromatic heterocycles. The number of nitrogens with one attached hydrogen (secondary N) is 3. The van der Waals surface area contributed by atoms with Gasteiger partial charge in [-0.25, -0.2) is 4.79 Å². The molecule has 0 radical (unpaired) electrons. The molecule has 0 aromatic rings. The van der Waals surface area contributed by atoms with Gasteiger partial charge in [0.15, 0.2) is 0 Å². The first-order valence-electron chi connectivity index (χ1n) is 10.1. The van der Waals surface area contributed by atoms with Gasteiger partial charge in [-0.05, 0) is 38.2 Å². The van der Waals surface area contributed by atoms with Crippen molar-refractivity contribution in [1.29, 1.82) is 0 Å². The van der Waals surface area contributed by atoms with E-state index in [0.717, 1.165) is 0 Å². The zero-order chi connectivity index (χ0) is 24.3. The maximum Gasteiger partial charge on any atom is 0.326 e. The number of aliphatic carboxylic acids is 1. The summed E-state index contributed by atoms with van der Waals surface area (Å²) in [5, 5.41) is 36.0. The van der Waals surface area contributed by atoms with Crippen molar-refractivity contribution in [3.8, 4) is 0 Å². The van der Waals surface area contributed by atoms with Gasteiger partial charge in [-0.3, -0.25) is 14.4 Å². The summed E-state index contributed by atoms with van der Waals surface area (Å²) in [5.74, 6) is -3.42.